The minimum absolute atomic E-state index is 0.125. The highest BCUT2D eigenvalue weighted by Crippen LogP contribution is 2.20. The van der Waals surface area contributed by atoms with E-state index >= 15 is 0 Å². The van der Waals surface area contributed by atoms with Gasteiger partial charge in [0.2, 0.25) is 0 Å². The predicted octanol–water partition coefficient (Wildman–Crippen LogP) is 4.57. The average molecular weight is 362 g/mol. The van der Waals surface area contributed by atoms with Gasteiger partial charge in [-0.1, -0.05) is 18.2 Å². The lowest BCUT2D eigenvalue weighted by atomic mass is 10.2. The van der Waals surface area contributed by atoms with E-state index < -0.39 is 0 Å². The van der Waals surface area contributed by atoms with E-state index in [1.165, 1.54) is 6.33 Å². The van der Waals surface area contributed by atoms with E-state index in [1.54, 1.807) is 6.07 Å². The summed E-state index contributed by atoms with van der Waals surface area (Å²) >= 11 is 0. The number of carbonyl (C=O) groups is 1. The molecule has 0 aliphatic rings. The Kier molecular flexibility index (Phi) is 5.66. The maximum atomic E-state index is 12.5. The molecule has 6 nitrogen and oxygen atoms in total. The van der Waals surface area contributed by atoms with Gasteiger partial charge in [0, 0.05) is 17.4 Å². The van der Waals surface area contributed by atoms with Crippen molar-refractivity contribution in [3.05, 3.63) is 72.2 Å². The van der Waals surface area contributed by atoms with Gasteiger partial charge in [-0.15, -0.1) is 0 Å². The van der Waals surface area contributed by atoms with E-state index in [2.05, 4.69) is 20.6 Å². The Morgan fingerprint density at radius 3 is 2.48 bits per heavy atom. The summed E-state index contributed by atoms with van der Waals surface area (Å²) in [5.74, 6) is 1.06. The van der Waals surface area contributed by atoms with Crippen LogP contribution in [0.15, 0.2) is 60.9 Å². The minimum atomic E-state index is -0.282. The Labute approximate surface area is 158 Å². The van der Waals surface area contributed by atoms with Crippen LogP contribution >= 0.6 is 0 Å². The van der Waals surface area contributed by atoms with Crippen molar-refractivity contribution >= 4 is 23.1 Å². The van der Waals surface area contributed by atoms with Gasteiger partial charge in [0.25, 0.3) is 5.91 Å². The molecule has 1 amide bonds. The van der Waals surface area contributed by atoms with Crippen LogP contribution in [0, 0.1) is 6.92 Å². The first-order chi connectivity index (χ1) is 13.0. The number of aromatic nitrogens is 2. The van der Waals surface area contributed by atoms with Gasteiger partial charge in [-0.2, -0.15) is 0 Å². The van der Waals surface area contributed by atoms with Crippen LogP contribution in [0.3, 0.4) is 0 Å². The number of para-hydroxylation sites is 1. The summed E-state index contributed by atoms with van der Waals surface area (Å²) in [6.45, 7) is 5.91. The largest absolute Gasteiger partial charge is 0.491 e. The van der Waals surface area contributed by atoms with E-state index in [0.29, 0.717) is 5.82 Å². The highest BCUT2D eigenvalue weighted by molar-refractivity contribution is 6.03. The van der Waals surface area contributed by atoms with Gasteiger partial charge < -0.3 is 15.4 Å². The molecule has 2 N–H and O–H groups in total. The van der Waals surface area contributed by atoms with E-state index in [-0.39, 0.29) is 17.7 Å². The highest BCUT2D eigenvalue weighted by atomic mass is 16.5. The summed E-state index contributed by atoms with van der Waals surface area (Å²) in [5, 5.41) is 6.04. The van der Waals surface area contributed by atoms with Gasteiger partial charge in [-0.25, -0.2) is 9.97 Å². The fraction of sp³-hybridized carbons (Fsp3) is 0.190. The normalized spacial score (nSPS) is 10.5. The second-order valence-electron chi connectivity index (χ2n) is 6.37. The second-order valence-corrected chi connectivity index (χ2v) is 6.37. The molecule has 0 saturated carbocycles. The number of nitrogens with one attached hydrogen (secondary N) is 2. The zero-order valence-electron chi connectivity index (χ0n) is 15.6. The molecule has 0 aliphatic heterocycles. The molecule has 0 fully saturated rings. The van der Waals surface area contributed by atoms with Crippen molar-refractivity contribution in [1.29, 1.82) is 0 Å². The monoisotopic (exact) mass is 362 g/mol. The second kappa shape index (κ2) is 8.31. The molecule has 3 aromatic rings. The van der Waals surface area contributed by atoms with Crippen LogP contribution < -0.4 is 15.4 Å². The Morgan fingerprint density at radius 2 is 1.78 bits per heavy atom. The summed E-state index contributed by atoms with van der Waals surface area (Å²) in [6.07, 6.45) is 1.49. The molecule has 0 unspecified atom stereocenters. The number of aryl methyl sites for hydroxylation is 1. The van der Waals surface area contributed by atoms with E-state index in [1.807, 2.05) is 69.3 Å². The SMILES string of the molecule is Cc1ccccc1NC(=O)c1cc(Nc2ccc(OC(C)C)cc2)ncn1. The number of carbonyl (C=O) groups excluding carboxylic acids is 1. The number of amides is 1. The van der Waals surface area contributed by atoms with Crippen LogP contribution in [0.4, 0.5) is 17.2 Å². The molecule has 6 heteroatoms. The zero-order valence-corrected chi connectivity index (χ0v) is 15.6. The lowest BCUT2D eigenvalue weighted by Crippen LogP contribution is -2.15. The molecular weight excluding hydrogens is 340 g/mol. The van der Waals surface area contributed by atoms with E-state index in [9.17, 15) is 4.79 Å². The molecule has 0 radical (unpaired) electrons. The molecular formula is C21H22N4O2. The highest BCUT2D eigenvalue weighted by Gasteiger charge is 2.10. The summed E-state index contributed by atoms with van der Waals surface area (Å²) in [5.41, 5.74) is 2.88. The van der Waals surface area contributed by atoms with Crippen molar-refractivity contribution in [2.24, 2.45) is 0 Å². The molecule has 2 aromatic carbocycles. The molecule has 27 heavy (non-hydrogen) atoms. The third-order valence-electron chi connectivity index (χ3n) is 3.79. The first-order valence-corrected chi connectivity index (χ1v) is 8.74. The van der Waals surface area contributed by atoms with E-state index in [4.69, 9.17) is 4.74 Å². The number of nitrogens with zero attached hydrogens (tertiary/aromatic N) is 2. The van der Waals surface area contributed by atoms with Gasteiger partial charge in [-0.05, 0) is 56.7 Å². The van der Waals surface area contributed by atoms with Crippen LogP contribution in [-0.2, 0) is 0 Å². The average Bonchev–Trinajstić information content (AvgIpc) is 2.65. The zero-order chi connectivity index (χ0) is 19.2. The number of anilines is 3. The summed E-state index contributed by atoms with van der Waals surface area (Å²) in [4.78, 5) is 20.7. The molecule has 3 rings (SSSR count). The first-order valence-electron chi connectivity index (χ1n) is 8.74. The van der Waals surface area contributed by atoms with Crippen molar-refractivity contribution < 1.29 is 9.53 Å². The van der Waals surface area contributed by atoms with Crippen LogP contribution in [0.2, 0.25) is 0 Å². The van der Waals surface area contributed by atoms with Gasteiger partial charge in [0.05, 0.1) is 6.10 Å². The quantitative estimate of drug-likeness (QED) is 0.672. The molecule has 0 bridgehead atoms. The Bertz CT molecular complexity index is 923. The molecule has 0 spiro atoms. The Balaban J connectivity index is 1.70. The summed E-state index contributed by atoms with van der Waals surface area (Å²) in [7, 11) is 0. The van der Waals surface area contributed by atoms with Gasteiger partial charge in [0.1, 0.15) is 23.6 Å². The van der Waals surface area contributed by atoms with Crippen molar-refractivity contribution in [3.63, 3.8) is 0 Å². The van der Waals surface area contributed by atoms with Crippen molar-refractivity contribution in [3.8, 4) is 5.75 Å². The summed E-state index contributed by atoms with van der Waals surface area (Å²) in [6, 6.07) is 16.8. The summed E-state index contributed by atoms with van der Waals surface area (Å²) < 4.78 is 5.63. The maximum absolute atomic E-state index is 12.5. The molecule has 138 valence electrons. The Hall–Kier alpha value is -3.41. The van der Waals surface area contributed by atoms with Gasteiger partial charge in [-0.3, -0.25) is 4.79 Å². The third-order valence-corrected chi connectivity index (χ3v) is 3.79. The predicted molar refractivity (Wildman–Crippen MR) is 107 cm³/mol. The standard InChI is InChI=1S/C21H22N4O2/c1-14(2)27-17-10-8-16(9-11-17)24-20-12-19(22-13-23-20)21(26)25-18-7-5-4-6-15(18)3/h4-14H,1-3H3,(H,25,26)(H,22,23,24). The maximum Gasteiger partial charge on any atom is 0.274 e. The number of benzene rings is 2. The smallest absolute Gasteiger partial charge is 0.274 e. The number of rotatable bonds is 6. The van der Waals surface area contributed by atoms with Gasteiger partial charge in [0.15, 0.2) is 0 Å². The fourth-order valence-corrected chi connectivity index (χ4v) is 2.49. The number of hydrogen-bond acceptors (Lipinski definition) is 5. The number of ether oxygens (including phenoxy) is 1. The van der Waals surface area contributed by atoms with Gasteiger partial charge >= 0.3 is 0 Å². The molecule has 0 atom stereocenters. The molecule has 0 saturated heterocycles. The van der Waals surface area contributed by atoms with Crippen LogP contribution in [-0.4, -0.2) is 22.0 Å². The Morgan fingerprint density at radius 1 is 1.04 bits per heavy atom. The molecule has 1 aromatic heterocycles. The molecule has 1 heterocycles. The topological polar surface area (TPSA) is 76.1 Å². The van der Waals surface area contributed by atoms with Crippen LogP contribution in [0.25, 0.3) is 0 Å². The van der Waals surface area contributed by atoms with Crippen molar-refractivity contribution in [1.82, 2.24) is 9.97 Å². The van der Waals surface area contributed by atoms with Crippen molar-refractivity contribution in [2.75, 3.05) is 10.6 Å². The third kappa shape index (κ3) is 5.04. The number of hydrogen-bond donors (Lipinski definition) is 2. The van der Waals surface area contributed by atoms with Crippen LogP contribution in [0.1, 0.15) is 29.9 Å². The first kappa shape index (κ1) is 18.4. The molecule has 0 aliphatic carbocycles. The fourth-order valence-electron chi connectivity index (χ4n) is 2.49. The minimum Gasteiger partial charge on any atom is -0.491 e. The van der Waals surface area contributed by atoms with Crippen molar-refractivity contribution in [2.45, 2.75) is 26.9 Å². The lowest BCUT2D eigenvalue weighted by molar-refractivity contribution is 0.102. The lowest BCUT2D eigenvalue weighted by Gasteiger charge is -2.11. The van der Waals surface area contributed by atoms with Crippen LogP contribution in [0.5, 0.6) is 5.75 Å². The van der Waals surface area contributed by atoms with E-state index in [0.717, 1.165) is 22.7 Å².